The van der Waals surface area contributed by atoms with Crippen LogP contribution in [0.3, 0.4) is 0 Å². The SMILES string of the molecule is COC(=O)C1CCN(S(=O)(=O)Cc2ccc(F)cc2)C1. The van der Waals surface area contributed by atoms with Crippen LogP contribution in [0, 0.1) is 11.7 Å². The molecule has 1 heterocycles. The van der Waals surface area contributed by atoms with Crippen molar-refractivity contribution in [2.45, 2.75) is 12.2 Å². The van der Waals surface area contributed by atoms with E-state index in [4.69, 9.17) is 0 Å². The van der Waals surface area contributed by atoms with Gasteiger partial charge in [0.05, 0.1) is 18.8 Å². The summed E-state index contributed by atoms with van der Waals surface area (Å²) in [5.74, 6) is -1.38. The van der Waals surface area contributed by atoms with Gasteiger partial charge < -0.3 is 4.74 Å². The molecule has 0 spiro atoms. The van der Waals surface area contributed by atoms with Crippen LogP contribution < -0.4 is 0 Å². The molecular weight excluding hydrogens is 285 g/mol. The zero-order valence-electron chi connectivity index (χ0n) is 11.1. The van der Waals surface area contributed by atoms with E-state index in [-0.39, 0.29) is 18.3 Å². The molecule has 7 heteroatoms. The van der Waals surface area contributed by atoms with Gasteiger partial charge in [-0.1, -0.05) is 12.1 Å². The summed E-state index contributed by atoms with van der Waals surface area (Å²) in [5.41, 5.74) is 0.521. The molecule has 2 rings (SSSR count). The van der Waals surface area contributed by atoms with Gasteiger partial charge in [-0.15, -0.1) is 0 Å². The van der Waals surface area contributed by atoms with Crippen molar-refractivity contribution in [2.24, 2.45) is 5.92 Å². The highest BCUT2D eigenvalue weighted by atomic mass is 32.2. The molecule has 0 radical (unpaired) electrons. The van der Waals surface area contributed by atoms with E-state index in [0.29, 0.717) is 18.5 Å². The number of hydrogen-bond donors (Lipinski definition) is 0. The van der Waals surface area contributed by atoms with Crippen molar-refractivity contribution in [3.8, 4) is 0 Å². The van der Waals surface area contributed by atoms with Crippen LogP contribution in [0.2, 0.25) is 0 Å². The zero-order valence-corrected chi connectivity index (χ0v) is 11.9. The summed E-state index contributed by atoms with van der Waals surface area (Å²) >= 11 is 0. The molecule has 1 unspecified atom stereocenters. The summed E-state index contributed by atoms with van der Waals surface area (Å²) in [7, 11) is -2.21. The van der Waals surface area contributed by atoms with Gasteiger partial charge in [-0.25, -0.2) is 17.1 Å². The number of esters is 1. The largest absolute Gasteiger partial charge is 0.469 e. The lowest BCUT2D eigenvalue weighted by Gasteiger charge is -2.16. The van der Waals surface area contributed by atoms with Crippen LogP contribution in [0.4, 0.5) is 4.39 Å². The summed E-state index contributed by atoms with van der Waals surface area (Å²) in [6.45, 7) is 0.458. The third-order valence-electron chi connectivity index (χ3n) is 3.34. The number of sulfonamides is 1. The number of carbonyl (C=O) groups excluding carboxylic acids is 1. The Bertz CT molecular complexity index is 585. The molecule has 110 valence electrons. The Balaban J connectivity index is 2.04. The standard InChI is InChI=1S/C13H16FNO4S/c1-19-13(16)11-6-7-15(8-11)20(17,18)9-10-2-4-12(14)5-3-10/h2-5,11H,6-9H2,1H3. The minimum Gasteiger partial charge on any atom is -0.469 e. The van der Waals surface area contributed by atoms with E-state index < -0.39 is 21.8 Å². The van der Waals surface area contributed by atoms with E-state index in [1.165, 1.54) is 35.7 Å². The highest BCUT2D eigenvalue weighted by molar-refractivity contribution is 7.88. The number of methoxy groups -OCH3 is 1. The van der Waals surface area contributed by atoms with Crippen LogP contribution in [0.1, 0.15) is 12.0 Å². The minimum absolute atomic E-state index is 0.149. The number of benzene rings is 1. The predicted octanol–water partition coefficient (Wildman–Crippen LogP) is 1.15. The lowest BCUT2D eigenvalue weighted by Crippen LogP contribution is -2.31. The van der Waals surface area contributed by atoms with E-state index in [2.05, 4.69) is 4.74 Å². The fourth-order valence-corrected chi connectivity index (χ4v) is 3.81. The van der Waals surface area contributed by atoms with Crippen LogP contribution >= 0.6 is 0 Å². The lowest BCUT2D eigenvalue weighted by molar-refractivity contribution is -0.144. The summed E-state index contributed by atoms with van der Waals surface area (Å²) in [5, 5.41) is 0. The smallest absolute Gasteiger partial charge is 0.310 e. The second kappa shape index (κ2) is 5.88. The molecule has 1 aliphatic heterocycles. The van der Waals surface area contributed by atoms with Crippen molar-refractivity contribution >= 4 is 16.0 Å². The second-order valence-corrected chi connectivity index (χ2v) is 6.72. The van der Waals surface area contributed by atoms with E-state index >= 15 is 0 Å². The van der Waals surface area contributed by atoms with Crippen LogP contribution in [-0.2, 0) is 25.3 Å². The average molecular weight is 301 g/mol. The number of nitrogens with zero attached hydrogens (tertiary/aromatic N) is 1. The first-order valence-corrected chi connectivity index (χ1v) is 7.83. The van der Waals surface area contributed by atoms with E-state index in [0.717, 1.165) is 0 Å². The zero-order chi connectivity index (χ0) is 14.8. The van der Waals surface area contributed by atoms with Crippen LogP contribution in [-0.4, -0.2) is 38.9 Å². The lowest BCUT2D eigenvalue weighted by atomic mass is 10.1. The molecule has 5 nitrogen and oxygen atoms in total. The van der Waals surface area contributed by atoms with Crippen molar-refractivity contribution in [3.05, 3.63) is 35.6 Å². The maximum Gasteiger partial charge on any atom is 0.310 e. The molecule has 0 aromatic heterocycles. The number of halogens is 1. The van der Waals surface area contributed by atoms with Gasteiger partial charge in [0.2, 0.25) is 10.0 Å². The fraction of sp³-hybridized carbons (Fsp3) is 0.462. The molecule has 1 aromatic rings. The molecule has 1 aliphatic rings. The molecule has 1 atom stereocenters. The van der Waals surface area contributed by atoms with Gasteiger partial charge in [0.25, 0.3) is 0 Å². The minimum atomic E-state index is -3.50. The number of rotatable bonds is 4. The van der Waals surface area contributed by atoms with Gasteiger partial charge in [-0.2, -0.15) is 0 Å². The molecule has 1 saturated heterocycles. The second-order valence-electron chi connectivity index (χ2n) is 4.75. The third kappa shape index (κ3) is 3.34. The van der Waals surface area contributed by atoms with Crippen molar-refractivity contribution in [1.82, 2.24) is 4.31 Å². The first kappa shape index (κ1) is 14.9. The van der Waals surface area contributed by atoms with Gasteiger partial charge in [-0.05, 0) is 24.1 Å². The topological polar surface area (TPSA) is 63.7 Å². The van der Waals surface area contributed by atoms with Gasteiger partial charge in [0.15, 0.2) is 0 Å². The summed E-state index contributed by atoms with van der Waals surface area (Å²) < 4.78 is 43.1. The summed E-state index contributed by atoms with van der Waals surface area (Å²) in [4.78, 5) is 11.4. The average Bonchev–Trinajstić information content (AvgIpc) is 2.91. The molecule has 0 bridgehead atoms. The van der Waals surface area contributed by atoms with Crippen molar-refractivity contribution < 1.29 is 22.3 Å². The third-order valence-corrected chi connectivity index (χ3v) is 5.16. The molecule has 0 aliphatic carbocycles. The number of ether oxygens (including phenoxy) is 1. The Kier molecular flexibility index (Phi) is 4.39. The summed E-state index contributed by atoms with van der Waals surface area (Å²) in [6, 6.07) is 5.35. The monoisotopic (exact) mass is 301 g/mol. The Morgan fingerprint density at radius 3 is 2.65 bits per heavy atom. The van der Waals surface area contributed by atoms with E-state index in [1.807, 2.05) is 0 Å². The van der Waals surface area contributed by atoms with Gasteiger partial charge >= 0.3 is 5.97 Å². The molecule has 0 N–H and O–H groups in total. The maximum atomic E-state index is 12.8. The number of carbonyl (C=O) groups is 1. The predicted molar refractivity (Wildman–Crippen MR) is 70.7 cm³/mol. The molecular formula is C13H16FNO4S. The Hall–Kier alpha value is -1.47. The van der Waals surface area contributed by atoms with Crippen LogP contribution in [0.5, 0.6) is 0 Å². The summed E-state index contributed by atoms with van der Waals surface area (Å²) in [6.07, 6.45) is 0.468. The first-order valence-electron chi connectivity index (χ1n) is 6.22. The Labute approximate surface area is 117 Å². The normalized spacial score (nSPS) is 20.0. The quantitative estimate of drug-likeness (QED) is 0.783. The van der Waals surface area contributed by atoms with Gasteiger partial charge in [-0.3, -0.25) is 4.79 Å². The molecule has 1 aromatic carbocycles. The van der Waals surface area contributed by atoms with E-state index in [1.54, 1.807) is 0 Å². The molecule has 0 amide bonds. The maximum absolute atomic E-state index is 12.8. The molecule has 1 fully saturated rings. The van der Waals surface area contributed by atoms with Gasteiger partial charge in [0, 0.05) is 13.1 Å². The molecule has 0 saturated carbocycles. The van der Waals surface area contributed by atoms with E-state index in [9.17, 15) is 17.6 Å². The van der Waals surface area contributed by atoms with Crippen LogP contribution in [0.25, 0.3) is 0 Å². The highest BCUT2D eigenvalue weighted by Gasteiger charge is 2.35. The van der Waals surface area contributed by atoms with Crippen LogP contribution in [0.15, 0.2) is 24.3 Å². The van der Waals surface area contributed by atoms with Gasteiger partial charge in [0.1, 0.15) is 5.82 Å². The van der Waals surface area contributed by atoms with Crippen molar-refractivity contribution in [2.75, 3.05) is 20.2 Å². The number of hydrogen-bond acceptors (Lipinski definition) is 4. The Morgan fingerprint density at radius 2 is 2.05 bits per heavy atom. The highest BCUT2D eigenvalue weighted by Crippen LogP contribution is 2.22. The first-order chi connectivity index (χ1) is 9.42. The Morgan fingerprint density at radius 1 is 1.40 bits per heavy atom. The van der Waals surface area contributed by atoms with Crippen molar-refractivity contribution in [3.63, 3.8) is 0 Å². The molecule has 20 heavy (non-hydrogen) atoms. The fourth-order valence-electron chi connectivity index (χ4n) is 2.22. The van der Waals surface area contributed by atoms with Crippen molar-refractivity contribution in [1.29, 1.82) is 0 Å².